The van der Waals surface area contributed by atoms with Crippen LogP contribution in [0.2, 0.25) is 0 Å². The quantitative estimate of drug-likeness (QED) is 0.482. The number of nitrogens with one attached hydrogen (secondary N) is 1. The molecule has 1 aromatic carbocycles. The van der Waals surface area contributed by atoms with Gasteiger partial charge in [0.15, 0.2) is 0 Å². The zero-order valence-electron chi connectivity index (χ0n) is 8.71. The van der Waals surface area contributed by atoms with Gasteiger partial charge < -0.3 is 0 Å². The van der Waals surface area contributed by atoms with Crippen LogP contribution < -0.4 is 10.4 Å². The first-order valence-electron chi connectivity index (χ1n) is 4.43. The molecule has 0 unspecified atom stereocenters. The molecule has 1 aromatic rings. The normalized spacial score (nSPS) is 9.53. The number of hydrogen-bond acceptors (Lipinski definition) is 4. The third kappa shape index (κ3) is 3.23. The molecule has 17 heavy (non-hydrogen) atoms. The Morgan fingerprint density at radius 1 is 1.35 bits per heavy atom. The molecule has 1 rings (SSSR count). The third-order valence-corrected chi connectivity index (χ3v) is 1.75. The zero-order valence-corrected chi connectivity index (χ0v) is 8.71. The van der Waals surface area contributed by atoms with Gasteiger partial charge in [-0.1, -0.05) is 4.48 Å². The van der Waals surface area contributed by atoms with Crippen LogP contribution in [0.15, 0.2) is 24.3 Å². The summed E-state index contributed by atoms with van der Waals surface area (Å²) in [6.45, 7) is 1.06. The van der Waals surface area contributed by atoms with Gasteiger partial charge in [-0.2, -0.15) is 0 Å². The Labute approximate surface area is 94.9 Å². The molecule has 8 heteroatoms. The molecule has 0 saturated carbocycles. The maximum Gasteiger partial charge on any atom is 0.356 e. The molecule has 0 bridgehead atoms. The van der Waals surface area contributed by atoms with Gasteiger partial charge in [0.2, 0.25) is 5.91 Å². The summed E-state index contributed by atoms with van der Waals surface area (Å²) in [4.78, 5) is 31.3. The maximum absolute atomic E-state index is 13.3. The van der Waals surface area contributed by atoms with E-state index in [4.69, 9.17) is 0 Å². The van der Waals surface area contributed by atoms with Crippen molar-refractivity contribution in [3.05, 3.63) is 34.4 Å². The van der Waals surface area contributed by atoms with Gasteiger partial charge in [-0.15, -0.1) is 5.12 Å². The van der Waals surface area contributed by atoms with Gasteiger partial charge in [-0.05, 0) is 12.1 Å². The summed E-state index contributed by atoms with van der Waals surface area (Å²) < 4.78 is 13.3. The van der Waals surface area contributed by atoms with E-state index in [1.54, 1.807) is 5.32 Å². The largest absolute Gasteiger partial charge is 0.356 e. The third-order valence-electron chi connectivity index (χ3n) is 1.75. The van der Waals surface area contributed by atoms with Crippen LogP contribution in [-0.4, -0.2) is 16.9 Å². The zero-order chi connectivity index (χ0) is 13.0. The molecule has 1 N–H and O–H groups in total. The molecule has 0 aliphatic carbocycles. The number of amides is 3. The lowest BCUT2D eigenvalue weighted by atomic mass is 10.3. The minimum atomic E-state index is -1.26. The van der Waals surface area contributed by atoms with Crippen LogP contribution in [0.4, 0.5) is 20.7 Å². The van der Waals surface area contributed by atoms with E-state index >= 15 is 0 Å². The van der Waals surface area contributed by atoms with Crippen LogP contribution in [0.5, 0.6) is 0 Å². The Morgan fingerprint density at radius 3 is 2.29 bits per heavy atom. The predicted octanol–water partition coefficient (Wildman–Crippen LogP) is 1.54. The molecule has 0 atom stereocenters. The smallest absolute Gasteiger partial charge is 0.276 e. The molecule has 0 aliphatic heterocycles. The number of halogens is 1. The Bertz CT molecular complexity index is 460. The van der Waals surface area contributed by atoms with Gasteiger partial charge in [-0.25, -0.2) is 4.79 Å². The molecule has 0 aromatic heterocycles. The highest BCUT2D eigenvalue weighted by atomic mass is 19.2. The number of anilines is 1. The minimum absolute atomic E-state index is 0.214. The molecule has 3 amide bonds. The molecule has 90 valence electrons. The summed E-state index contributed by atoms with van der Waals surface area (Å²) in [6, 6.07) is 2.94. The number of carbonyl (C=O) groups excluding carboxylic acids is 2. The van der Waals surface area contributed by atoms with E-state index in [-0.39, 0.29) is 16.5 Å². The molecule has 0 fully saturated rings. The van der Waals surface area contributed by atoms with Crippen LogP contribution in [0, 0.1) is 10.1 Å². The molecular formula is C9H8FN3O4. The van der Waals surface area contributed by atoms with Crippen molar-refractivity contribution >= 4 is 23.3 Å². The van der Waals surface area contributed by atoms with E-state index in [2.05, 4.69) is 0 Å². The minimum Gasteiger partial charge on any atom is -0.276 e. The number of rotatable bonds is 2. The second kappa shape index (κ2) is 5.01. The van der Waals surface area contributed by atoms with Crippen molar-refractivity contribution < 1.29 is 19.0 Å². The Morgan fingerprint density at radius 2 is 1.88 bits per heavy atom. The Hall–Kier alpha value is -2.51. The summed E-state index contributed by atoms with van der Waals surface area (Å²) >= 11 is 0. The van der Waals surface area contributed by atoms with Crippen LogP contribution in [0.3, 0.4) is 0 Å². The standard InChI is InChI=1S/C9H8FN3O4/c1-6(14)11-9(15)12(10)7-2-4-8(5-3-7)13(16)17/h2-5H,1H3,(H,11,14,15). The van der Waals surface area contributed by atoms with Crippen molar-refractivity contribution in [3.63, 3.8) is 0 Å². The van der Waals surface area contributed by atoms with Crippen LogP contribution in [0.25, 0.3) is 0 Å². The fraction of sp³-hybridized carbons (Fsp3) is 0.111. The number of hydrogen-bond donors (Lipinski definition) is 1. The van der Waals surface area contributed by atoms with Crippen molar-refractivity contribution in [1.29, 1.82) is 0 Å². The number of imide groups is 1. The lowest BCUT2D eigenvalue weighted by Gasteiger charge is -2.10. The van der Waals surface area contributed by atoms with Gasteiger partial charge in [0.25, 0.3) is 5.69 Å². The number of nitrogens with zero attached hydrogens (tertiary/aromatic N) is 2. The molecule has 0 saturated heterocycles. The second-order valence-electron chi connectivity index (χ2n) is 3.04. The summed E-state index contributed by atoms with van der Waals surface area (Å²) in [5.41, 5.74) is -0.441. The van der Waals surface area contributed by atoms with Gasteiger partial charge >= 0.3 is 6.03 Å². The van der Waals surface area contributed by atoms with E-state index < -0.39 is 16.9 Å². The predicted molar refractivity (Wildman–Crippen MR) is 55.9 cm³/mol. The van der Waals surface area contributed by atoms with Crippen molar-refractivity contribution in [2.24, 2.45) is 0 Å². The SMILES string of the molecule is CC(=O)NC(=O)N(F)c1ccc([N+](=O)[O-])cc1. The summed E-state index contributed by atoms with van der Waals surface area (Å²) in [6.07, 6.45) is 0. The highest BCUT2D eigenvalue weighted by Gasteiger charge is 2.17. The van der Waals surface area contributed by atoms with Gasteiger partial charge in [0, 0.05) is 19.1 Å². The van der Waals surface area contributed by atoms with Gasteiger partial charge in [0.1, 0.15) is 0 Å². The number of carbonyl (C=O) groups is 2. The topological polar surface area (TPSA) is 92.6 Å². The molecule has 7 nitrogen and oxygen atoms in total. The van der Waals surface area contributed by atoms with E-state index in [0.717, 1.165) is 31.2 Å². The molecule has 0 aliphatic rings. The number of nitro benzene ring substituents is 1. The number of non-ortho nitro benzene ring substituents is 1. The first-order chi connectivity index (χ1) is 7.91. The van der Waals surface area contributed by atoms with Crippen molar-refractivity contribution in [2.75, 3.05) is 5.12 Å². The lowest BCUT2D eigenvalue weighted by molar-refractivity contribution is -0.384. The maximum atomic E-state index is 13.3. The first kappa shape index (κ1) is 12.6. The van der Waals surface area contributed by atoms with Gasteiger partial charge in [-0.3, -0.25) is 20.2 Å². The van der Waals surface area contributed by atoms with Crippen LogP contribution >= 0.6 is 0 Å². The summed E-state index contributed by atoms with van der Waals surface area (Å²) in [5.74, 6) is -0.709. The highest BCUT2D eigenvalue weighted by Crippen LogP contribution is 2.19. The van der Waals surface area contributed by atoms with Crippen LogP contribution in [0.1, 0.15) is 6.92 Å². The fourth-order valence-corrected chi connectivity index (χ4v) is 1.02. The molecule has 0 spiro atoms. The average Bonchev–Trinajstić information content (AvgIpc) is 2.27. The molecule has 0 radical (unpaired) electrons. The highest BCUT2D eigenvalue weighted by molar-refractivity contribution is 6.00. The number of nitro groups is 1. The van der Waals surface area contributed by atoms with Crippen molar-refractivity contribution in [1.82, 2.24) is 5.32 Å². The number of urea groups is 1. The second-order valence-corrected chi connectivity index (χ2v) is 3.04. The van der Waals surface area contributed by atoms with Crippen LogP contribution in [-0.2, 0) is 4.79 Å². The van der Waals surface area contributed by atoms with E-state index in [9.17, 15) is 24.2 Å². The molecular weight excluding hydrogens is 233 g/mol. The summed E-state index contributed by atoms with van der Waals surface area (Å²) in [5, 5.41) is 11.7. The Balaban J connectivity index is 2.82. The molecule has 0 heterocycles. The van der Waals surface area contributed by atoms with Crippen molar-refractivity contribution in [3.8, 4) is 0 Å². The Kier molecular flexibility index (Phi) is 3.70. The average molecular weight is 241 g/mol. The van der Waals surface area contributed by atoms with Crippen molar-refractivity contribution in [2.45, 2.75) is 6.92 Å². The van der Waals surface area contributed by atoms with E-state index in [0.29, 0.717) is 0 Å². The fourth-order valence-electron chi connectivity index (χ4n) is 1.02. The lowest BCUT2D eigenvalue weighted by Crippen LogP contribution is -2.37. The first-order valence-corrected chi connectivity index (χ1v) is 4.43. The van der Waals surface area contributed by atoms with Gasteiger partial charge in [0.05, 0.1) is 10.6 Å². The summed E-state index contributed by atoms with van der Waals surface area (Å²) in [7, 11) is 0. The monoisotopic (exact) mass is 241 g/mol. The van der Waals surface area contributed by atoms with E-state index in [1.165, 1.54) is 0 Å². The number of benzene rings is 1. The van der Waals surface area contributed by atoms with E-state index in [1.807, 2.05) is 0 Å².